The van der Waals surface area contributed by atoms with E-state index >= 15 is 0 Å². The summed E-state index contributed by atoms with van der Waals surface area (Å²) in [6.07, 6.45) is -0.723. The molecule has 0 N–H and O–H groups in total. The lowest BCUT2D eigenvalue weighted by Crippen LogP contribution is -2.05. The quantitative estimate of drug-likeness (QED) is 0.675. The Bertz CT molecular complexity index is 770. The van der Waals surface area contributed by atoms with Crippen molar-refractivity contribution in [1.82, 2.24) is 9.38 Å². The fourth-order valence-corrected chi connectivity index (χ4v) is 2.21. The number of hydrogen-bond donors (Lipinski definition) is 0. The van der Waals surface area contributed by atoms with Crippen molar-refractivity contribution in [2.45, 2.75) is 19.5 Å². The Morgan fingerprint density at radius 2 is 1.71 bits per heavy atom. The molecule has 0 aliphatic carbocycles. The van der Waals surface area contributed by atoms with Crippen LogP contribution in [0.15, 0.2) is 48.8 Å². The van der Waals surface area contributed by atoms with Crippen LogP contribution in [0.1, 0.15) is 18.1 Å². The van der Waals surface area contributed by atoms with Crippen LogP contribution in [0.2, 0.25) is 0 Å². The average molecular weight is 290 g/mol. The maximum atomic E-state index is 12.7. The van der Waals surface area contributed by atoms with E-state index < -0.39 is 11.7 Å². The lowest BCUT2D eigenvalue weighted by molar-refractivity contribution is -0.137. The maximum Gasteiger partial charge on any atom is 0.417 e. The van der Waals surface area contributed by atoms with Crippen LogP contribution in [0.5, 0.6) is 0 Å². The number of imidazole rings is 1. The monoisotopic (exact) mass is 290 g/mol. The number of alkyl halides is 3. The number of aromatic nitrogens is 2. The molecule has 3 rings (SSSR count). The molecule has 5 heteroatoms. The Hall–Kier alpha value is -2.30. The number of halogens is 3. The molecule has 3 aromatic rings. The lowest BCUT2D eigenvalue weighted by Gasteiger charge is -2.05. The third-order valence-electron chi connectivity index (χ3n) is 3.44. The third kappa shape index (κ3) is 2.63. The second kappa shape index (κ2) is 4.91. The summed E-state index contributed by atoms with van der Waals surface area (Å²) in [6.45, 7) is 2.07. The molecule has 0 aliphatic heterocycles. The molecule has 0 fully saturated rings. The maximum absolute atomic E-state index is 12.7. The molecule has 0 aliphatic rings. The summed E-state index contributed by atoms with van der Waals surface area (Å²) in [7, 11) is 0. The van der Waals surface area contributed by atoms with Crippen molar-refractivity contribution < 1.29 is 13.2 Å². The first-order valence-electron chi connectivity index (χ1n) is 6.62. The van der Waals surface area contributed by atoms with Gasteiger partial charge in [0.25, 0.3) is 0 Å². The van der Waals surface area contributed by atoms with Crippen molar-refractivity contribution in [1.29, 1.82) is 0 Å². The van der Waals surface area contributed by atoms with E-state index in [0.717, 1.165) is 24.2 Å². The highest BCUT2D eigenvalue weighted by Gasteiger charge is 2.30. The topological polar surface area (TPSA) is 17.3 Å². The molecular formula is C16H13F3N2. The first-order chi connectivity index (χ1) is 9.97. The van der Waals surface area contributed by atoms with Crippen LogP contribution >= 0.6 is 0 Å². The predicted octanol–water partition coefficient (Wildman–Crippen LogP) is 4.58. The molecule has 2 heterocycles. The smallest absolute Gasteiger partial charge is 0.306 e. The van der Waals surface area contributed by atoms with E-state index in [4.69, 9.17) is 0 Å². The minimum atomic E-state index is -4.35. The summed E-state index contributed by atoms with van der Waals surface area (Å²) in [5, 5.41) is 0. The molecule has 108 valence electrons. The van der Waals surface area contributed by atoms with E-state index in [1.54, 1.807) is 6.20 Å². The van der Waals surface area contributed by atoms with E-state index in [1.165, 1.54) is 16.0 Å². The molecule has 0 bridgehead atoms. The molecule has 1 aromatic carbocycles. The van der Waals surface area contributed by atoms with Crippen molar-refractivity contribution in [3.05, 3.63) is 59.9 Å². The van der Waals surface area contributed by atoms with Crippen LogP contribution in [0.25, 0.3) is 16.9 Å². The molecule has 0 amide bonds. The summed E-state index contributed by atoms with van der Waals surface area (Å²) in [4.78, 5) is 4.36. The van der Waals surface area contributed by atoms with Gasteiger partial charge in [0.05, 0.1) is 11.3 Å². The van der Waals surface area contributed by atoms with E-state index in [-0.39, 0.29) is 0 Å². The van der Waals surface area contributed by atoms with Crippen molar-refractivity contribution in [2.24, 2.45) is 0 Å². The van der Waals surface area contributed by atoms with Gasteiger partial charge in [0.15, 0.2) is 0 Å². The van der Waals surface area contributed by atoms with Gasteiger partial charge in [0, 0.05) is 18.0 Å². The molecule has 0 spiro atoms. The largest absolute Gasteiger partial charge is 0.417 e. The molecule has 0 radical (unpaired) electrons. The predicted molar refractivity (Wildman–Crippen MR) is 75.0 cm³/mol. The minimum Gasteiger partial charge on any atom is -0.306 e. The van der Waals surface area contributed by atoms with Gasteiger partial charge in [-0.25, -0.2) is 4.98 Å². The summed E-state index contributed by atoms with van der Waals surface area (Å²) < 4.78 is 39.5. The lowest BCUT2D eigenvalue weighted by atomic mass is 10.1. The highest BCUT2D eigenvalue weighted by Crippen LogP contribution is 2.30. The SMILES string of the molecule is CCc1ccc(-c2cn3cc(C(F)(F)F)ccc3n2)cc1. The standard InChI is InChI=1S/C16H13F3N2/c1-2-11-3-5-12(6-4-11)14-10-21-9-13(16(17,18)19)7-8-15(21)20-14/h3-10H,2H2,1H3. The minimum absolute atomic E-state index is 0.498. The fourth-order valence-electron chi connectivity index (χ4n) is 2.21. The Balaban J connectivity index is 2.04. The number of fused-ring (bicyclic) bond motifs is 1. The highest BCUT2D eigenvalue weighted by molar-refractivity contribution is 5.63. The van der Waals surface area contributed by atoms with Crippen LogP contribution in [0.3, 0.4) is 0 Å². The molecular weight excluding hydrogens is 277 g/mol. The Morgan fingerprint density at radius 1 is 1.00 bits per heavy atom. The van der Waals surface area contributed by atoms with Gasteiger partial charge < -0.3 is 4.40 Å². The number of aryl methyl sites for hydroxylation is 1. The van der Waals surface area contributed by atoms with E-state index in [9.17, 15) is 13.2 Å². The number of nitrogens with zero attached hydrogens (tertiary/aromatic N) is 2. The first-order valence-corrected chi connectivity index (χ1v) is 6.62. The molecule has 0 unspecified atom stereocenters. The van der Waals surface area contributed by atoms with Crippen LogP contribution < -0.4 is 0 Å². The zero-order valence-corrected chi connectivity index (χ0v) is 11.4. The van der Waals surface area contributed by atoms with Gasteiger partial charge in [-0.2, -0.15) is 13.2 Å². The molecule has 21 heavy (non-hydrogen) atoms. The van der Waals surface area contributed by atoms with Gasteiger partial charge in [-0.15, -0.1) is 0 Å². The molecule has 2 aromatic heterocycles. The van der Waals surface area contributed by atoms with Gasteiger partial charge in [-0.3, -0.25) is 0 Å². The third-order valence-corrected chi connectivity index (χ3v) is 3.44. The number of hydrogen-bond acceptors (Lipinski definition) is 1. The van der Waals surface area contributed by atoms with Crippen molar-refractivity contribution in [3.8, 4) is 11.3 Å². The van der Waals surface area contributed by atoms with Gasteiger partial charge in [-0.1, -0.05) is 31.2 Å². The van der Waals surface area contributed by atoms with Crippen molar-refractivity contribution in [2.75, 3.05) is 0 Å². The highest BCUT2D eigenvalue weighted by atomic mass is 19.4. The van der Waals surface area contributed by atoms with Crippen LogP contribution in [0.4, 0.5) is 13.2 Å². The Labute approximate surface area is 119 Å². The molecule has 0 atom stereocenters. The average Bonchev–Trinajstić information content (AvgIpc) is 2.89. The van der Waals surface area contributed by atoms with E-state index in [2.05, 4.69) is 11.9 Å². The number of benzene rings is 1. The van der Waals surface area contributed by atoms with E-state index in [0.29, 0.717) is 11.3 Å². The van der Waals surface area contributed by atoms with Crippen LogP contribution in [-0.4, -0.2) is 9.38 Å². The molecule has 0 saturated carbocycles. The van der Waals surface area contributed by atoms with Crippen LogP contribution in [0, 0.1) is 0 Å². The number of pyridine rings is 1. The zero-order chi connectivity index (χ0) is 15.0. The van der Waals surface area contributed by atoms with Crippen molar-refractivity contribution >= 4 is 5.65 Å². The fraction of sp³-hybridized carbons (Fsp3) is 0.188. The second-order valence-electron chi connectivity index (χ2n) is 4.86. The zero-order valence-electron chi connectivity index (χ0n) is 11.4. The van der Waals surface area contributed by atoms with Crippen molar-refractivity contribution in [3.63, 3.8) is 0 Å². The first kappa shape index (κ1) is 13.7. The number of rotatable bonds is 2. The van der Waals surface area contributed by atoms with Gasteiger partial charge in [-0.05, 0) is 24.1 Å². The van der Waals surface area contributed by atoms with Gasteiger partial charge in [0.2, 0.25) is 0 Å². The summed E-state index contributed by atoms with van der Waals surface area (Å²) in [5.41, 5.74) is 2.58. The Kier molecular flexibility index (Phi) is 3.20. The van der Waals surface area contributed by atoms with E-state index in [1.807, 2.05) is 24.3 Å². The van der Waals surface area contributed by atoms with Gasteiger partial charge >= 0.3 is 6.18 Å². The molecule has 0 saturated heterocycles. The van der Waals surface area contributed by atoms with Crippen LogP contribution in [-0.2, 0) is 12.6 Å². The summed E-state index contributed by atoms with van der Waals surface area (Å²) >= 11 is 0. The second-order valence-corrected chi connectivity index (χ2v) is 4.86. The summed E-state index contributed by atoms with van der Waals surface area (Å²) in [6, 6.07) is 10.3. The summed E-state index contributed by atoms with van der Waals surface area (Å²) in [5.74, 6) is 0. The normalized spacial score (nSPS) is 12.0. The Morgan fingerprint density at radius 3 is 2.33 bits per heavy atom. The van der Waals surface area contributed by atoms with Gasteiger partial charge in [0.1, 0.15) is 5.65 Å². The molecule has 2 nitrogen and oxygen atoms in total.